The van der Waals surface area contributed by atoms with Crippen LogP contribution in [0, 0.1) is 0 Å². The van der Waals surface area contributed by atoms with Crippen molar-refractivity contribution in [2.75, 3.05) is 18.4 Å². The Kier molecular flexibility index (Phi) is 5.61. The standard InChI is InChI=1S/C19H18Cl2N2O2/c20-14-5-8-17(21)16(12-14)19(25)22-15-6-3-13(4-7-15)11-18(24)23-9-1-2-10-23/h3-8,12H,1-2,9-11H2,(H,22,25). The van der Waals surface area contributed by atoms with E-state index >= 15 is 0 Å². The number of hydrogen-bond acceptors (Lipinski definition) is 2. The molecule has 0 spiro atoms. The fraction of sp³-hybridized carbons (Fsp3) is 0.263. The van der Waals surface area contributed by atoms with Crippen LogP contribution in [0.2, 0.25) is 10.0 Å². The van der Waals surface area contributed by atoms with Gasteiger partial charge >= 0.3 is 0 Å². The lowest BCUT2D eigenvalue weighted by Crippen LogP contribution is -2.29. The summed E-state index contributed by atoms with van der Waals surface area (Å²) in [7, 11) is 0. The van der Waals surface area contributed by atoms with E-state index in [1.54, 1.807) is 24.3 Å². The third-order valence-corrected chi connectivity index (χ3v) is 4.76. The zero-order chi connectivity index (χ0) is 17.8. The zero-order valence-corrected chi connectivity index (χ0v) is 15.1. The molecule has 6 heteroatoms. The predicted octanol–water partition coefficient (Wildman–Crippen LogP) is 4.41. The van der Waals surface area contributed by atoms with Crippen LogP contribution in [-0.2, 0) is 11.2 Å². The molecule has 1 saturated heterocycles. The Bertz CT molecular complexity index is 785. The minimum absolute atomic E-state index is 0.153. The molecule has 0 unspecified atom stereocenters. The summed E-state index contributed by atoms with van der Waals surface area (Å²) in [6, 6.07) is 12.0. The van der Waals surface area contributed by atoms with Crippen LogP contribution in [0.4, 0.5) is 5.69 Å². The van der Waals surface area contributed by atoms with E-state index in [9.17, 15) is 9.59 Å². The molecule has 0 saturated carbocycles. The monoisotopic (exact) mass is 376 g/mol. The summed E-state index contributed by atoms with van der Waals surface area (Å²) >= 11 is 12.0. The molecule has 0 aromatic heterocycles. The van der Waals surface area contributed by atoms with Crippen molar-refractivity contribution < 1.29 is 9.59 Å². The van der Waals surface area contributed by atoms with Crippen LogP contribution < -0.4 is 5.32 Å². The topological polar surface area (TPSA) is 49.4 Å². The number of carbonyl (C=O) groups is 2. The molecule has 1 N–H and O–H groups in total. The van der Waals surface area contributed by atoms with Crippen molar-refractivity contribution in [2.45, 2.75) is 19.3 Å². The lowest BCUT2D eigenvalue weighted by Gasteiger charge is -2.15. The van der Waals surface area contributed by atoms with Gasteiger partial charge in [-0.15, -0.1) is 0 Å². The van der Waals surface area contributed by atoms with Gasteiger partial charge in [-0.25, -0.2) is 0 Å². The first kappa shape index (κ1) is 17.8. The predicted molar refractivity (Wildman–Crippen MR) is 100 cm³/mol. The highest BCUT2D eigenvalue weighted by atomic mass is 35.5. The van der Waals surface area contributed by atoms with Crippen molar-refractivity contribution in [3.8, 4) is 0 Å². The molecule has 0 atom stereocenters. The maximum atomic E-state index is 12.3. The summed E-state index contributed by atoms with van der Waals surface area (Å²) in [6.45, 7) is 1.71. The number of rotatable bonds is 4. The number of nitrogens with zero attached hydrogens (tertiary/aromatic N) is 1. The molecule has 4 nitrogen and oxygen atoms in total. The average Bonchev–Trinajstić information content (AvgIpc) is 3.13. The zero-order valence-electron chi connectivity index (χ0n) is 13.6. The molecule has 2 amide bonds. The fourth-order valence-corrected chi connectivity index (χ4v) is 3.20. The largest absolute Gasteiger partial charge is 0.342 e. The Hall–Kier alpha value is -2.04. The van der Waals surface area contributed by atoms with Crippen LogP contribution in [0.25, 0.3) is 0 Å². The van der Waals surface area contributed by atoms with Crippen LogP contribution in [0.15, 0.2) is 42.5 Å². The van der Waals surface area contributed by atoms with Gasteiger partial charge < -0.3 is 10.2 Å². The summed E-state index contributed by atoms with van der Waals surface area (Å²) in [4.78, 5) is 26.4. The second-order valence-corrected chi connectivity index (χ2v) is 6.88. The first-order valence-electron chi connectivity index (χ1n) is 8.16. The summed E-state index contributed by atoms with van der Waals surface area (Å²) in [6.07, 6.45) is 2.56. The lowest BCUT2D eigenvalue weighted by atomic mass is 10.1. The summed E-state index contributed by atoms with van der Waals surface area (Å²) < 4.78 is 0. The average molecular weight is 377 g/mol. The van der Waals surface area contributed by atoms with Gasteiger partial charge in [0.2, 0.25) is 5.91 Å². The highest BCUT2D eigenvalue weighted by molar-refractivity contribution is 6.36. The van der Waals surface area contributed by atoms with Gasteiger partial charge in [-0.05, 0) is 48.7 Å². The number of likely N-dealkylation sites (tertiary alicyclic amines) is 1. The molecule has 2 aromatic carbocycles. The number of anilines is 1. The molecule has 130 valence electrons. The second kappa shape index (κ2) is 7.89. The van der Waals surface area contributed by atoms with Gasteiger partial charge in [-0.1, -0.05) is 35.3 Å². The van der Waals surface area contributed by atoms with Gasteiger partial charge in [-0.3, -0.25) is 9.59 Å². The Morgan fingerprint density at radius 2 is 1.68 bits per heavy atom. The molecule has 3 rings (SSSR count). The SMILES string of the molecule is O=C(Nc1ccc(CC(=O)N2CCCC2)cc1)c1cc(Cl)ccc1Cl. The summed E-state index contributed by atoms with van der Waals surface area (Å²) in [5.41, 5.74) is 1.89. The highest BCUT2D eigenvalue weighted by Crippen LogP contribution is 2.22. The number of halogens is 2. The van der Waals surface area contributed by atoms with Crippen molar-refractivity contribution in [1.29, 1.82) is 0 Å². The minimum Gasteiger partial charge on any atom is -0.342 e. The molecular formula is C19H18Cl2N2O2. The van der Waals surface area contributed by atoms with Gasteiger partial charge in [-0.2, -0.15) is 0 Å². The van der Waals surface area contributed by atoms with E-state index in [1.165, 1.54) is 6.07 Å². The van der Waals surface area contributed by atoms with Gasteiger partial charge in [0.15, 0.2) is 0 Å². The molecule has 0 bridgehead atoms. The van der Waals surface area contributed by atoms with Crippen LogP contribution in [0.3, 0.4) is 0 Å². The van der Waals surface area contributed by atoms with E-state index < -0.39 is 0 Å². The maximum absolute atomic E-state index is 12.3. The van der Waals surface area contributed by atoms with Crippen molar-refractivity contribution in [2.24, 2.45) is 0 Å². The van der Waals surface area contributed by atoms with Crippen LogP contribution >= 0.6 is 23.2 Å². The molecule has 25 heavy (non-hydrogen) atoms. The molecule has 0 radical (unpaired) electrons. The Labute approximate surface area is 156 Å². The normalized spacial score (nSPS) is 13.8. The van der Waals surface area contributed by atoms with E-state index in [-0.39, 0.29) is 11.8 Å². The number of hydrogen-bond donors (Lipinski definition) is 1. The highest BCUT2D eigenvalue weighted by Gasteiger charge is 2.18. The van der Waals surface area contributed by atoms with Crippen molar-refractivity contribution >= 4 is 40.7 Å². The molecule has 2 aromatic rings. The Morgan fingerprint density at radius 1 is 1.00 bits per heavy atom. The van der Waals surface area contributed by atoms with Crippen LogP contribution in [0.5, 0.6) is 0 Å². The number of amides is 2. The first-order chi connectivity index (χ1) is 12.0. The number of benzene rings is 2. The molecule has 1 fully saturated rings. The Morgan fingerprint density at radius 3 is 2.36 bits per heavy atom. The summed E-state index contributed by atoms with van der Waals surface area (Å²) in [5.74, 6) is -0.173. The third kappa shape index (κ3) is 4.53. The third-order valence-electron chi connectivity index (χ3n) is 4.20. The molecule has 0 aliphatic carbocycles. The molecule has 1 aliphatic heterocycles. The van der Waals surface area contributed by atoms with E-state index in [2.05, 4.69) is 5.32 Å². The van der Waals surface area contributed by atoms with Gasteiger partial charge in [0.1, 0.15) is 0 Å². The maximum Gasteiger partial charge on any atom is 0.257 e. The minimum atomic E-state index is -0.326. The molecule has 1 heterocycles. The van der Waals surface area contributed by atoms with Crippen molar-refractivity contribution in [3.63, 3.8) is 0 Å². The smallest absolute Gasteiger partial charge is 0.257 e. The van der Waals surface area contributed by atoms with Crippen LogP contribution in [-0.4, -0.2) is 29.8 Å². The molecular weight excluding hydrogens is 359 g/mol. The summed E-state index contributed by atoms with van der Waals surface area (Å²) in [5, 5.41) is 3.58. The van der Waals surface area contributed by atoms with E-state index in [4.69, 9.17) is 23.2 Å². The van der Waals surface area contributed by atoms with E-state index in [0.29, 0.717) is 27.7 Å². The quantitative estimate of drug-likeness (QED) is 0.858. The van der Waals surface area contributed by atoms with E-state index in [0.717, 1.165) is 31.5 Å². The van der Waals surface area contributed by atoms with Gasteiger partial charge in [0.25, 0.3) is 5.91 Å². The van der Waals surface area contributed by atoms with Gasteiger partial charge in [0, 0.05) is 23.8 Å². The Balaban J connectivity index is 1.63. The first-order valence-corrected chi connectivity index (χ1v) is 8.91. The van der Waals surface area contributed by atoms with E-state index in [1.807, 2.05) is 17.0 Å². The van der Waals surface area contributed by atoms with Gasteiger partial charge in [0.05, 0.1) is 17.0 Å². The molecule has 1 aliphatic rings. The second-order valence-electron chi connectivity index (χ2n) is 6.04. The van der Waals surface area contributed by atoms with Crippen molar-refractivity contribution in [3.05, 3.63) is 63.6 Å². The fourth-order valence-electron chi connectivity index (χ4n) is 2.83. The number of carbonyl (C=O) groups excluding carboxylic acids is 2. The van der Waals surface area contributed by atoms with Crippen molar-refractivity contribution in [1.82, 2.24) is 4.90 Å². The van der Waals surface area contributed by atoms with Crippen LogP contribution in [0.1, 0.15) is 28.8 Å². The lowest BCUT2D eigenvalue weighted by molar-refractivity contribution is -0.129. The number of nitrogens with one attached hydrogen (secondary N) is 1.